The Balaban J connectivity index is 2.35. The average Bonchev–Trinajstić information content (AvgIpc) is 1.61. The molecule has 0 aromatic carbocycles. The molecule has 1 rings (SSSR count). The van der Waals surface area contributed by atoms with Crippen LogP contribution in [0.2, 0.25) is 0 Å². The molecule has 0 bridgehead atoms. The number of hydrogen-bond donors (Lipinski definition) is 0. The maximum absolute atomic E-state index is 4.95. The van der Waals surface area contributed by atoms with E-state index in [-0.39, 0.29) is 6.23 Å². The van der Waals surface area contributed by atoms with Crippen molar-refractivity contribution < 1.29 is 4.74 Å². The highest BCUT2D eigenvalue weighted by molar-refractivity contribution is 5.86. The predicted octanol–water partition coefficient (Wildman–Crippen LogP) is 0.323. The lowest BCUT2D eigenvalue weighted by atomic mass is 10.2. The Morgan fingerprint density at radius 3 is 2.56 bits per heavy atom. The van der Waals surface area contributed by atoms with Gasteiger partial charge < -0.3 is 9.64 Å². The van der Waals surface area contributed by atoms with Crippen molar-refractivity contribution in [2.24, 2.45) is 4.99 Å². The van der Waals surface area contributed by atoms with E-state index < -0.39 is 0 Å². The second kappa shape index (κ2) is 2.35. The third-order valence-electron chi connectivity index (χ3n) is 1.44. The van der Waals surface area contributed by atoms with Crippen molar-refractivity contribution in [1.82, 2.24) is 4.90 Å². The topological polar surface area (TPSA) is 24.8 Å². The number of ether oxygens (including phenoxy) is 1. The quantitative estimate of drug-likeness (QED) is 0.508. The molecule has 3 nitrogen and oxygen atoms in total. The highest BCUT2D eigenvalue weighted by atomic mass is 16.5. The molecule has 0 fully saturated rings. The van der Waals surface area contributed by atoms with E-state index in [0.717, 1.165) is 12.3 Å². The molecular weight excluding hydrogens is 116 g/mol. The first-order valence-electron chi connectivity index (χ1n) is 3.01. The Hall–Kier alpha value is -0.570. The van der Waals surface area contributed by atoms with E-state index in [2.05, 4.69) is 4.99 Å². The molecule has 0 N–H and O–H groups in total. The molecule has 0 aromatic heterocycles. The van der Waals surface area contributed by atoms with Crippen molar-refractivity contribution >= 4 is 5.84 Å². The van der Waals surface area contributed by atoms with E-state index in [1.165, 1.54) is 0 Å². The van der Waals surface area contributed by atoms with Gasteiger partial charge >= 0.3 is 0 Å². The van der Waals surface area contributed by atoms with E-state index >= 15 is 0 Å². The summed E-state index contributed by atoms with van der Waals surface area (Å²) in [4.78, 5) is 6.17. The third-order valence-corrected chi connectivity index (χ3v) is 1.44. The minimum Gasteiger partial charge on any atom is -0.366 e. The molecule has 0 aromatic rings. The number of amidine groups is 1. The normalized spacial score (nSPS) is 24.8. The van der Waals surface area contributed by atoms with Gasteiger partial charge in [-0.2, -0.15) is 0 Å². The monoisotopic (exact) mass is 128 g/mol. The summed E-state index contributed by atoms with van der Waals surface area (Å²) in [6.45, 7) is 0. The van der Waals surface area contributed by atoms with Crippen molar-refractivity contribution in [3.63, 3.8) is 0 Å². The van der Waals surface area contributed by atoms with Crippen LogP contribution in [0.3, 0.4) is 0 Å². The van der Waals surface area contributed by atoms with Gasteiger partial charge in [0.2, 0.25) is 0 Å². The number of rotatable bonds is 1. The van der Waals surface area contributed by atoms with Gasteiger partial charge in [-0.1, -0.05) is 0 Å². The lowest BCUT2D eigenvalue weighted by molar-refractivity contribution is 0.0970. The summed E-state index contributed by atoms with van der Waals surface area (Å²) in [5.41, 5.74) is 0. The van der Waals surface area contributed by atoms with Crippen molar-refractivity contribution in [2.45, 2.75) is 12.6 Å². The average molecular weight is 128 g/mol. The minimum atomic E-state index is 0.127. The summed E-state index contributed by atoms with van der Waals surface area (Å²) in [6.07, 6.45) is 1.09. The molecule has 0 saturated heterocycles. The fourth-order valence-corrected chi connectivity index (χ4v) is 0.742. The summed E-state index contributed by atoms with van der Waals surface area (Å²) in [5.74, 6) is 1.13. The molecule has 9 heavy (non-hydrogen) atoms. The zero-order valence-electron chi connectivity index (χ0n) is 6.09. The number of hydrogen-bond acceptors (Lipinski definition) is 3. The van der Waals surface area contributed by atoms with Crippen LogP contribution >= 0.6 is 0 Å². The molecule has 0 aliphatic carbocycles. The summed E-state index contributed by atoms with van der Waals surface area (Å²) >= 11 is 0. The molecule has 0 spiro atoms. The SMILES string of the molecule is COC1CC(N(C)C)=N1. The molecule has 0 amide bonds. The van der Waals surface area contributed by atoms with Crippen LogP contribution in [0.15, 0.2) is 4.99 Å². The van der Waals surface area contributed by atoms with Crippen LogP contribution in [-0.4, -0.2) is 38.2 Å². The van der Waals surface area contributed by atoms with E-state index in [9.17, 15) is 0 Å². The molecule has 1 aliphatic rings. The third kappa shape index (κ3) is 1.21. The fourth-order valence-electron chi connectivity index (χ4n) is 0.742. The molecule has 0 saturated carbocycles. The van der Waals surface area contributed by atoms with Gasteiger partial charge in [-0.3, -0.25) is 0 Å². The number of aliphatic imine (C=N–C) groups is 1. The molecular formula is C6H12N2O. The van der Waals surface area contributed by atoms with Crippen LogP contribution in [0.4, 0.5) is 0 Å². The van der Waals surface area contributed by atoms with E-state index in [0.29, 0.717) is 0 Å². The van der Waals surface area contributed by atoms with Gasteiger partial charge in [-0.25, -0.2) is 4.99 Å². The fraction of sp³-hybridized carbons (Fsp3) is 0.833. The smallest absolute Gasteiger partial charge is 0.156 e. The Morgan fingerprint density at radius 1 is 1.67 bits per heavy atom. The van der Waals surface area contributed by atoms with Crippen LogP contribution in [0.5, 0.6) is 0 Å². The second-order valence-electron chi connectivity index (χ2n) is 2.33. The van der Waals surface area contributed by atoms with Gasteiger partial charge in [0.25, 0.3) is 0 Å². The molecule has 1 aliphatic heterocycles. The van der Waals surface area contributed by atoms with Crippen LogP contribution < -0.4 is 0 Å². The zero-order valence-corrected chi connectivity index (χ0v) is 6.09. The lowest BCUT2D eigenvalue weighted by Gasteiger charge is -2.27. The summed E-state index contributed by atoms with van der Waals surface area (Å²) < 4.78 is 4.95. The van der Waals surface area contributed by atoms with Gasteiger partial charge in [-0.05, 0) is 0 Å². The largest absolute Gasteiger partial charge is 0.366 e. The van der Waals surface area contributed by atoms with Crippen LogP contribution in [-0.2, 0) is 4.74 Å². The molecule has 1 unspecified atom stereocenters. The first kappa shape index (κ1) is 6.55. The molecule has 0 radical (unpaired) electrons. The van der Waals surface area contributed by atoms with Crippen molar-refractivity contribution in [2.75, 3.05) is 21.2 Å². The van der Waals surface area contributed by atoms with Crippen LogP contribution in [0, 0.1) is 0 Å². The standard InChI is InChI=1S/C6H12N2O/c1-8(2)5-4-6(7-5)9-3/h6H,4H2,1-3H3. The maximum Gasteiger partial charge on any atom is 0.156 e. The van der Waals surface area contributed by atoms with Gasteiger partial charge in [-0.15, -0.1) is 0 Å². The number of methoxy groups -OCH3 is 1. The van der Waals surface area contributed by atoms with Gasteiger partial charge in [0.05, 0.1) is 6.42 Å². The van der Waals surface area contributed by atoms with E-state index in [1.807, 2.05) is 19.0 Å². The Morgan fingerprint density at radius 2 is 2.22 bits per heavy atom. The van der Waals surface area contributed by atoms with E-state index in [1.54, 1.807) is 7.11 Å². The van der Waals surface area contributed by atoms with Gasteiger partial charge in [0.15, 0.2) is 6.23 Å². The zero-order chi connectivity index (χ0) is 6.85. The maximum atomic E-state index is 4.95. The highest BCUT2D eigenvalue weighted by Crippen LogP contribution is 2.13. The molecule has 1 heterocycles. The molecule has 3 heteroatoms. The summed E-state index contributed by atoms with van der Waals surface area (Å²) in [6, 6.07) is 0. The van der Waals surface area contributed by atoms with E-state index in [4.69, 9.17) is 4.74 Å². The van der Waals surface area contributed by atoms with Crippen molar-refractivity contribution in [3.8, 4) is 0 Å². The van der Waals surface area contributed by atoms with Crippen molar-refractivity contribution in [1.29, 1.82) is 0 Å². The van der Waals surface area contributed by atoms with Crippen molar-refractivity contribution in [3.05, 3.63) is 0 Å². The second-order valence-corrected chi connectivity index (χ2v) is 2.33. The summed E-state index contributed by atoms with van der Waals surface area (Å²) in [5, 5.41) is 0. The first-order chi connectivity index (χ1) is 4.24. The lowest BCUT2D eigenvalue weighted by Crippen LogP contribution is -2.35. The van der Waals surface area contributed by atoms with Crippen LogP contribution in [0.1, 0.15) is 6.42 Å². The Labute approximate surface area is 55.3 Å². The predicted molar refractivity (Wildman–Crippen MR) is 36.5 cm³/mol. The molecule has 52 valence electrons. The molecule has 1 atom stereocenters. The van der Waals surface area contributed by atoms with Gasteiger partial charge in [0.1, 0.15) is 5.84 Å². The number of nitrogens with zero attached hydrogens (tertiary/aromatic N) is 2. The highest BCUT2D eigenvalue weighted by Gasteiger charge is 2.21. The Bertz CT molecular complexity index is 131. The van der Waals surface area contributed by atoms with Crippen LogP contribution in [0.25, 0.3) is 0 Å². The first-order valence-corrected chi connectivity index (χ1v) is 3.01. The Kier molecular flexibility index (Phi) is 1.71. The minimum absolute atomic E-state index is 0.127. The van der Waals surface area contributed by atoms with Gasteiger partial charge in [0, 0.05) is 21.2 Å². The summed E-state index contributed by atoms with van der Waals surface area (Å²) in [7, 11) is 5.66.